The highest BCUT2D eigenvalue weighted by Crippen LogP contribution is 2.03. The lowest BCUT2D eigenvalue weighted by atomic mass is 10.1. The fourth-order valence-electron chi connectivity index (χ4n) is 1.66. The first-order valence-electron chi connectivity index (χ1n) is 6.96. The second-order valence-electron chi connectivity index (χ2n) is 5.28. The topological polar surface area (TPSA) is 53.1 Å². The summed E-state index contributed by atoms with van der Waals surface area (Å²) in [5.41, 5.74) is 7.13. The Morgan fingerprint density at radius 2 is 2.17 bits per heavy atom. The molecule has 0 spiro atoms. The number of hydrogen-bond acceptors (Lipinski definition) is 3. The summed E-state index contributed by atoms with van der Waals surface area (Å²) in [6.45, 7) is 8.91. The monoisotopic (exact) mass is 253 g/mol. The van der Waals surface area contributed by atoms with Gasteiger partial charge >= 0.3 is 0 Å². The first-order chi connectivity index (χ1) is 8.61. The third-order valence-corrected chi connectivity index (χ3v) is 3.01. The minimum Gasteiger partial charge on any atom is -0.380 e. The van der Waals surface area contributed by atoms with Gasteiger partial charge in [0, 0.05) is 18.8 Å². The van der Waals surface area contributed by atoms with Crippen LogP contribution in [0.25, 0.3) is 0 Å². The number of hydrogen-bond donors (Lipinski definition) is 1. The van der Waals surface area contributed by atoms with E-state index < -0.39 is 0 Å². The second kappa shape index (κ2) is 8.27. The van der Waals surface area contributed by atoms with Crippen LogP contribution in [0.4, 0.5) is 0 Å². The molecule has 0 aliphatic carbocycles. The number of aromatic nitrogens is 2. The molecule has 0 amide bonds. The average Bonchev–Trinajstić information content (AvgIpc) is 2.75. The molecular weight excluding hydrogens is 226 g/mol. The van der Waals surface area contributed by atoms with Crippen LogP contribution >= 0.6 is 0 Å². The summed E-state index contributed by atoms with van der Waals surface area (Å²) in [6.07, 6.45) is 7.01. The molecule has 1 aromatic rings. The molecule has 4 heteroatoms. The third kappa shape index (κ3) is 6.17. The average molecular weight is 253 g/mol. The standard InChI is InChI=1S/C14H27N3O/c1-4-14(15)9-13-10-16-17(11-13)6-8-18-7-5-12(2)3/h10-12,14H,4-9,15H2,1-3H3. The zero-order chi connectivity index (χ0) is 13.4. The molecule has 104 valence electrons. The Morgan fingerprint density at radius 3 is 2.83 bits per heavy atom. The van der Waals surface area contributed by atoms with Crippen LogP contribution in [0.15, 0.2) is 12.4 Å². The van der Waals surface area contributed by atoms with Crippen molar-refractivity contribution in [3.63, 3.8) is 0 Å². The molecule has 0 aliphatic heterocycles. The summed E-state index contributed by atoms with van der Waals surface area (Å²) >= 11 is 0. The highest BCUT2D eigenvalue weighted by Gasteiger charge is 2.04. The molecule has 0 bridgehead atoms. The van der Waals surface area contributed by atoms with E-state index in [1.54, 1.807) is 0 Å². The van der Waals surface area contributed by atoms with Crippen molar-refractivity contribution in [2.75, 3.05) is 13.2 Å². The zero-order valence-corrected chi connectivity index (χ0v) is 11.9. The zero-order valence-electron chi connectivity index (χ0n) is 11.9. The van der Waals surface area contributed by atoms with Gasteiger partial charge < -0.3 is 10.5 Å². The molecule has 0 fully saturated rings. The maximum absolute atomic E-state index is 5.92. The van der Waals surface area contributed by atoms with Gasteiger partial charge in [-0.05, 0) is 30.7 Å². The Morgan fingerprint density at radius 1 is 1.39 bits per heavy atom. The van der Waals surface area contributed by atoms with Gasteiger partial charge in [-0.3, -0.25) is 4.68 Å². The van der Waals surface area contributed by atoms with Crippen LogP contribution in [-0.4, -0.2) is 29.0 Å². The quantitative estimate of drug-likeness (QED) is 0.687. The molecule has 0 aromatic carbocycles. The molecule has 0 radical (unpaired) electrons. The summed E-state index contributed by atoms with van der Waals surface area (Å²) in [5, 5.41) is 4.32. The molecule has 4 nitrogen and oxygen atoms in total. The molecule has 0 saturated heterocycles. The fourth-order valence-corrected chi connectivity index (χ4v) is 1.66. The summed E-state index contributed by atoms with van der Waals surface area (Å²) in [4.78, 5) is 0. The first kappa shape index (κ1) is 15.2. The SMILES string of the molecule is CCC(N)Cc1cnn(CCOCCC(C)C)c1. The Labute approximate surface area is 111 Å². The Hall–Kier alpha value is -0.870. The van der Waals surface area contributed by atoms with Crippen molar-refractivity contribution in [1.29, 1.82) is 0 Å². The van der Waals surface area contributed by atoms with Gasteiger partial charge in [0.05, 0.1) is 19.3 Å². The van der Waals surface area contributed by atoms with E-state index in [0.29, 0.717) is 5.92 Å². The third-order valence-electron chi connectivity index (χ3n) is 3.01. The number of nitrogens with zero attached hydrogens (tertiary/aromatic N) is 2. The van der Waals surface area contributed by atoms with Crippen LogP contribution < -0.4 is 5.73 Å². The molecule has 2 N–H and O–H groups in total. The second-order valence-corrected chi connectivity index (χ2v) is 5.28. The number of nitrogens with two attached hydrogens (primary N) is 1. The van der Waals surface area contributed by atoms with Crippen LogP contribution in [0.1, 0.15) is 39.2 Å². The van der Waals surface area contributed by atoms with Gasteiger partial charge in [-0.15, -0.1) is 0 Å². The molecule has 18 heavy (non-hydrogen) atoms. The van der Waals surface area contributed by atoms with Crippen molar-refractivity contribution in [1.82, 2.24) is 9.78 Å². The minimum absolute atomic E-state index is 0.241. The molecule has 1 heterocycles. The van der Waals surface area contributed by atoms with Crippen molar-refractivity contribution < 1.29 is 4.74 Å². The van der Waals surface area contributed by atoms with Gasteiger partial charge in [-0.2, -0.15) is 5.10 Å². The predicted octanol–water partition coefficient (Wildman–Crippen LogP) is 2.23. The maximum Gasteiger partial charge on any atom is 0.0662 e. The van der Waals surface area contributed by atoms with E-state index in [2.05, 4.69) is 32.1 Å². The number of rotatable bonds is 9. The van der Waals surface area contributed by atoms with Gasteiger partial charge in [0.25, 0.3) is 0 Å². The predicted molar refractivity (Wildman–Crippen MR) is 74.5 cm³/mol. The normalized spacial score (nSPS) is 13.2. The van der Waals surface area contributed by atoms with Gasteiger partial charge in [-0.25, -0.2) is 0 Å². The molecule has 1 atom stereocenters. The van der Waals surface area contributed by atoms with E-state index >= 15 is 0 Å². The molecule has 0 aliphatic rings. The van der Waals surface area contributed by atoms with E-state index in [0.717, 1.165) is 39.0 Å². The lowest BCUT2D eigenvalue weighted by Crippen LogP contribution is -2.21. The van der Waals surface area contributed by atoms with Gasteiger partial charge in [0.1, 0.15) is 0 Å². The largest absolute Gasteiger partial charge is 0.380 e. The van der Waals surface area contributed by atoms with E-state index in [1.807, 2.05) is 10.9 Å². The lowest BCUT2D eigenvalue weighted by molar-refractivity contribution is 0.114. The van der Waals surface area contributed by atoms with Crippen LogP contribution in [-0.2, 0) is 17.7 Å². The van der Waals surface area contributed by atoms with Crippen LogP contribution in [0.5, 0.6) is 0 Å². The van der Waals surface area contributed by atoms with Crippen LogP contribution in [0.2, 0.25) is 0 Å². The van der Waals surface area contributed by atoms with Crippen molar-refractivity contribution in [2.45, 2.75) is 52.6 Å². The van der Waals surface area contributed by atoms with E-state index in [-0.39, 0.29) is 6.04 Å². The summed E-state index contributed by atoms with van der Waals surface area (Å²) in [7, 11) is 0. The minimum atomic E-state index is 0.241. The molecule has 0 saturated carbocycles. The van der Waals surface area contributed by atoms with Crippen molar-refractivity contribution >= 4 is 0 Å². The Bertz CT molecular complexity index is 323. The van der Waals surface area contributed by atoms with Crippen molar-refractivity contribution in [3.05, 3.63) is 18.0 Å². The smallest absolute Gasteiger partial charge is 0.0662 e. The fraction of sp³-hybridized carbons (Fsp3) is 0.786. The van der Waals surface area contributed by atoms with Crippen LogP contribution in [0.3, 0.4) is 0 Å². The summed E-state index contributed by atoms with van der Waals surface area (Å²) in [6, 6.07) is 0.241. The number of ether oxygens (including phenoxy) is 1. The molecule has 1 rings (SSSR count). The van der Waals surface area contributed by atoms with Gasteiger partial charge in [0.2, 0.25) is 0 Å². The van der Waals surface area contributed by atoms with E-state index in [9.17, 15) is 0 Å². The maximum atomic E-state index is 5.92. The first-order valence-corrected chi connectivity index (χ1v) is 6.96. The molecule has 1 unspecified atom stereocenters. The van der Waals surface area contributed by atoms with Gasteiger partial charge in [-0.1, -0.05) is 20.8 Å². The molecular formula is C14H27N3O. The van der Waals surface area contributed by atoms with Crippen molar-refractivity contribution in [3.8, 4) is 0 Å². The highest BCUT2D eigenvalue weighted by atomic mass is 16.5. The summed E-state index contributed by atoms with van der Waals surface area (Å²) in [5.74, 6) is 0.705. The Kier molecular flexibility index (Phi) is 6.98. The van der Waals surface area contributed by atoms with Gasteiger partial charge in [0.15, 0.2) is 0 Å². The van der Waals surface area contributed by atoms with E-state index in [4.69, 9.17) is 10.5 Å². The van der Waals surface area contributed by atoms with Crippen molar-refractivity contribution in [2.24, 2.45) is 11.7 Å². The lowest BCUT2D eigenvalue weighted by Gasteiger charge is -2.07. The summed E-state index contributed by atoms with van der Waals surface area (Å²) < 4.78 is 7.51. The molecule has 1 aromatic heterocycles. The van der Waals surface area contributed by atoms with Crippen LogP contribution in [0, 0.1) is 5.92 Å². The highest BCUT2D eigenvalue weighted by molar-refractivity contribution is 5.05. The Balaban J connectivity index is 2.19. The van der Waals surface area contributed by atoms with E-state index in [1.165, 1.54) is 5.56 Å².